The summed E-state index contributed by atoms with van der Waals surface area (Å²) < 4.78 is 0. The highest BCUT2D eigenvalue weighted by molar-refractivity contribution is 6.30. The molecule has 1 rings (SSSR count). The lowest BCUT2D eigenvalue weighted by Gasteiger charge is -2.27. The second-order valence-corrected chi connectivity index (χ2v) is 5.01. The normalized spacial score (nSPS) is 10.2. The highest BCUT2D eigenvalue weighted by Gasteiger charge is 2.35. The molecule has 0 atom stereocenters. The maximum absolute atomic E-state index is 10.8. The number of rotatable bonds is 4. The summed E-state index contributed by atoms with van der Waals surface area (Å²) in [6, 6.07) is 7.76. The van der Waals surface area contributed by atoms with Crippen molar-refractivity contribution in [3.8, 4) is 0 Å². The zero-order valence-electron chi connectivity index (χ0n) is 12.4. The maximum Gasteiger partial charge on any atom is 0.329 e. The average molecular weight is 300 g/mol. The number of aryl methyl sites for hydroxylation is 1. The van der Waals surface area contributed by atoms with E-state index in [1.807, 2.05) is 31.2 Å². The van der Waals surface area contributed by atoms with Crippen LogP contribution in [0.25, 0.3) is 0 Å². The Kier molecular flexibility index (Phi) is 7.92. The Balaban J connectivity index is 0.000000388. The van der Waals surface area contributed by atoms with Crippen LogP contribution in [-0.4, -0.2) is 22.5 Å². The van der Waals surface area contributed by atoms with Gasteiger partial charge in [-0.05, 0) is 37.5 Å². The zero-order chi connectivity index (χ0) is 15.8. The molecule has 5 heteroatoms. The van der Waals surface area contributed by atoms with Gasteiger partial charge in [0.2, 0.25) is 5.91 Å². The molecule has 0 radical (unpaired) electrons. The number of carboxylic acids is 1. The minimum absolute atomic E-state index is 0.305. The Morgan fingerprint density at radius 1 is 1.30 bits per heavy atom. The van der Waals surface area contributed by atoms with E-state index in [1.165, 1.54) is 12.5 Å². The summed E-state index contributed by atoms with van der Waals surface area (Å²) in [5.74, 6) is -1.27. The number of benzene rings is 1. The molecule has 0 heterocycles. The average Bonchev–Trinajstić information content (AvgIpc) is 2.35. The van der Waals surface area contributed by atoms with E-state index in [0.29, 0.717) is 12.8 Å². The highest BCUT2D eigenvalue weighted by Crippen LogP contribution is 2.14. The second kappa shape index (κ2) is 8.59. The smallest absolute Gasteiger partial charge is 0.329 e. The molecule has 4 nitrogen and oxygen atoms in total. The standard InChI is InChI=1S/C8H15NO3.C7H7Cl/c1-4-8(5-2,7(11)12)9-6(3)10;1-6-3-2-4-7(8)5-6/h4-5H2,1-3H3,(H,9,10)(H,11,12);2-5H,1H3. The van der Waals surface area contributed by atoms with Gasteiger partial charge in [0.25, 0.3) is 0 Å². The molecule has 1 aromatic rings. The fourth-order valence-electron chi connectivity index (χ4n) is 1.73. The van der Waals surface area contributed by atoms with Crippen LogP contribution in [0.5, 0.6) is 0 Å². The van der Waals surface area contributed by atoms with E-state index >= 15 is 0 Å². The van der Waals surface area contributed by atoms with E-state index in [9.17, 15) is 9.59 Å². The van der Waals surface area contributed by atoms with E-state index < -0.39 is 11.5 Å². The van der Waals surface area contributed by atoms with Gasteiger partial charge >= 0.3 is 5.97 Å². The van der Waals surface area contributed by atoms with Crippen molar-refractivity contribution < 1.29 is 14.7 Å². The predicted octanol–water partition coefficient (Wildman–Crippen LogP) is 3.41. The molecule has 0 spiro atoms. The third-order valence-electron chi connectivity index (χ3n) is 3.01. The Hall–Kier alpha value is -1.55. The van der Waals surface area contributed by atoms with Gasteiger partial charge in [-0.1, -0.05) is 37.6 Å². The Morgan fingerprint density at radius 3 is 2.05 bits per heavy atom. The van der Waals surface area contributed by atoms with Crippen molar-refractivity contribution in [3.05, 3.63) is 34.9 Å². The van der Waals surface area contributed by atoms with Crippen molar-refractivity contribution in [1.82, 2.24) is 5.32 Å². The van der Waals surface area contributed by atoms with E-state index in [-0.39, 0.29) is 5.91 Å². The number of carbonyl (C=O) groups is 2. The molecule has 0 saturated carbocycles. The Bertz CT molecular complexity index is 439. The van der Waals surface area contributed by atoms with E-state index in [0.717, 1.165) is 5.02 Å². The monoisotopic (exact) mass is 299 g/mol. The maximum atomic E-state index is 10.8. The van der Waals surface area contributed by atoms with Gasteiger partial charge in [-0.3, -0.25) is 4.79 Å². The van der Waals surface area contributed by atoms with Gasteiger partial charge in [0.05, 0.1) is 0 Å². The SMILES string of the molecule is CCC(CC)(NC(C)=O)C(=O)O.Cc1cccc(Cl)c1. The van der Waals surface area contributed by atoms with Gasteiger partial charge in [-0.15, -0.1) is 0 Å². The summed E-state index contributed by atoms with van der Waals surface area (Å²) in [6.07, 6.45) is 0.802. The van der Waals surface area contributed by atoms with Crippen LogP contribution in [0.4, 0.5) is 0 Å². The lowest BCUT2D eigenvalue weighted by atomic mass is 9.93. The molecule has 2 N–H and O–H groups in total. The molecule has 112 valence electrons. The molecule has 0 unspecified atom stereocenters. The van der Waals surface area contributed by atoms with E-state index in [4.69, 9.17) is 16.7 Å². The summed E-state index contributed by atoms with van der Waals surface area (Å²) in [4.78, 5) is 21.5. The third kappa shape index (κ3) is 6.06. The summed E-state index contributed by atoms with van der Waals surface area (Å²) in [6.45, 7) is 6.83. The first-order chi connectivity index (χ1) is 9.27. The van der Waals surface area contributed by atoms with Crippen molar-refractivity contribution >= 4 is 23.5 Å². The van der Waals surface area contributed by atoms with Gasteiger partial charge in [-0.2, -0.15) is 0 Å². The van der Waals surface area contributed by atoms with Gasteiger partial charge in [0.1, 0.15) is 5.54 Å². The fraction of sp³-hybridized carbons (Fsp3) is 0.467. The van der Waals surface area contributed by atoms with Crippen molar-refractivity contribution in [2.45, 2.75) is 46.1 Å². The summed E-state index contributed by atoms with van der Waals surface area (Å²) >= 11 is 5.64. The summed E-state index contributed by atoms with van der Waals surface area (Å²) in [7, 11) is 0. The van der Waals surface area contributed by atoms with Gasteiger partial charge in [0, 0.05) is 11.9 Å². The molecular formula is C15H22ClNO3. The Labute approximate surface area is 125 Å². The topological polar surface area (TPSA) is 66.4 Å². The minimum atomic E-state index is -1.08. The quantitative estimate of drug-likeness (QED) is 0.895. The van der Waals surface area contributed by atoms with Crippen LogP contribution in [0.15, 0.2) is 24.3 Å². The Morgan fingerprint density at radius 2 is 1.85 bits per heavy atom. The highest BCUT2D eigenvalue weighted by atomic mass is 35.5. The number of halogens is 1. The van der Waals surface area contributed by atoms with Crippen LogP contribution in [0.2, 0.25) is 5.02 Å². The van der Waals surface area contributed by atoms with E-state index in [2.05, 4.69) is 5.32 Å². The zero-order valence-corrected chi connectivity index (χ0v) is 13.1. The van der Waals surface area contributed by atoms with Crippen LogP contribution >= 0.6 is 11.6 Å². The lowest BCUT2D eigenvalue weighted by Crippen LogP contribution is -2.53. The molecule has 0 aliphatic heterocycles. The van der Waals surface area contributed by atoms with Crippen LogP contribution < -0.4 is 5.32 Å². The van der Waals surface area contributed by atoms with Crippen molar-refractivity contribution in [2.75, 3.05) is 0 Å². The fourth-order valence-corrected chi connectivity index (χ4v) is 1.97. The number of nitrogens with one attached hydrogen (secondary N) is 1. The summed E-state index contributed by atoms with van der Waals surface area (Å²) in [5.41, 5.74) is 0.128. The van der Waals surface area contributed by atoms with Crippen molar-refractivity contribution in [1.29, 1.82) is 0 Å². The van der Waals surface area contributed by atoms with Gasteiger partial charge < -0.3 is 10.4 Å². The third-order valence-corrected chi connectivity index (χ3v) is 3.25. The molecular weight excluding hydrogens is 278 g/mol. The second-order valence-electron chi connectivity index (χ2n) is 4.57. The van der Waals surface area contributed by atoms with Crippen molar-refractivity contribution in [3.63, 3.8) is 0 Å². The molecule has 0 bridgehead atoms. The lowest BCUT2D eigenvalue weighted by molar-refractivity contribution is -0.147. The summed E-state index contributed by atoms with van der Waals surface area (Å²) in [5, 5.41) is 12.1. The molecule has 0 aliphatic rings. The van der Waals surface area contributed by atoms with Crippen LogP contribution in [-0.2, 0) is 9.59 Å². The molecule has 20 heavy (non-hydrogen) atoms. The van der Waals surface area contributed by atoms with E-state index in [1.54, 1.807) is 13.8 Å². The van der Waals surface area contributed by atoms with Crippen LogP contribution in [0.1, 0.15) is 39.2 Å². The molecule has 0 fully saturated rings. The molecule has 1 aromatic carbocycles. The minimum Gasteiger partial charge on any atom is -0.480 e. The number of amides is 1. The number of carbonyl (C=O) groups excluding carboxylic acids is 1. The molecule has 0 aromatic heterocycles. The molecule has 0 aliphatic carbocycles. The molecule has 1 amide bonds. The predicted molar refractivity (Wildman–Crippen MR) is 81.0 cm³/mol. The number of carboxylic acid groups (broad SMARTS) is 1. The first-order valence-corrected chi connectivity index (χ1v) is 6.89. The number of hydrogen-bond donors (Lipinski definition) is 2. The first-order valence-electron chi connectivity index (χ1n) is 6.51. The number of hydrogen-bond acceptors (Lipinski definition) is 2. The van der Waals surface area contributed by atoms with Gasteiger partial charge in [-0.25, -0.2) is 4.79 Å². The van der Waals surface area contributed by atoms with Gasteiger partial charge in [0.15, 0.2) is 0 Å². The molecule has 0 saturated heterocycles. The largest absolute Gasteiger partial charge is 0.480 e. The van der Waals surface area contributed by atoms with Crippen LogP contribution in [0.3, 0.4) is 0 Å². The first kappa shape index (κ1) is 18.4. The van der Waals surface area contributed by atoms with Crippen molar-refractivity contribution in [2.24, 2.45) is 0 Å². The van der Waals surface area contributed by atoms with Crippen LogP contribution in [0, 0.1) is 6.92 Å². The number of aliphatic carboxylic acids is 1.